The average Bonchev–Trinajstić information content (AvgIpc) is 2.36. The zero-order chi connectivity index (χ0) is 15.2. The minimum atomic E-state index is -0.665. The van der Waals surface area contributed by atoms with Crippen LogP contribution in [-0.4, -0.2) is 18.6 Å². The standard InChI is InChI=1S/C16H22N2O2/c1-12(11-20-13-8-6-5-7-9-13)18-15(19)14(10-17)16(2,3)4/h5-9,12,14H,11H2,1-4H3,(H,18,19)/t12-,14+/m1/s1. The summed E-state index contributed by atoms with van der Waals surface area (Å²) in [6.07, 6.45) is 0. The van der Waals surface area contributed by atoms with Gasteiger partial charge in [-0.2, -0.15) is 5.26 Å². The van der Waals surface area contributed by atoms with Gasteiger partial charge in [0.2, 0.25) is 5.91 Å². The molecule has 1 N–H and O–H groups in total. The van der Waals surface area contributed by atoms with Crippen molar-refractivity contribution in [2.75, 3.05) is 6.61 Å². The third-order valence-electron chi connectivity index (χ3n) is 2.89. The molecule has 0 spiro atoms. The van der Waals surface area contributed by atoms with Crippen molar-refractivity contribution >= 4 is 5.91 Å². The molecule has 1 aromatic rings. The fraction of sp³-hybridized carbons (Fsp3) is 0.500. The third-order valence-corrected chi connectivity index (χ3v) is 2.89. The molecule has 0 heterocycles. The van der Waals surface area contributed by atoms with E-state index >= 15 is 0 Å². The van der Waals surface area contributed by atoms with Gasteiger partial charge in [0.05, 0.1) is 12.1 Å². The van der Waals surface area contributed by atoms with E-state index < -0.39 is 5.92 Å². The van der Waals surface area contributed by atoms with Crippen molar-refractivity contribution in [3.05, 3.63) is 30.3 Å². The van der Waals surface area contributed by atoms with Gasteiger partial charge < -0.3 is 10.1 Å². The number of ether oxygens (including phenoxy) is 1. The van der Waals surface area contributed by atoms with Gasteiger partial charge in [-0.25, -0.2) is 0 Å². The Morgan fingerprint density at radius 3 is 2.45 bits per heavy atom. The number of nitrogens with zero attached hydrogens (tertiary/aromatic N) is 1. The molecule has 2 atom stereocenters. The molecule has 0 aliphatic heterocycles. The summed E-state index contributed by atoms with van der Waals surface area (Å²) in [6, 6.07) is 11.3. The van der Waals surface area contributed by atoms with Gasteiger partial charge in [0.15, 0.2) is 0 Å². The molecule has 4 nitrogen and oxygen atoms in total. The lowest BCUT2D eigenvalue weighted by Crippen LogP contribution is -2.43. The van der Waals surface area contributed by atoms with Crippen molar-refractivity contribution in [2.24, 2.45) is 11.3 Å². The third kappa shape index (κ3) is 4.93. The monoisotopic (exact) mass is 274 g/mol. The van der Waals surface area contributed by atoms with E-state index in [1.165, 1.54) is 0 Å². The summed E-state index contributed by atoms with van der Waals surface area (Å²) in [4.78, 5) is 12.1. The summed E-state index contributed by atoms with van der Waals surface area (Å²) in [6.45, 7) is 7.87. The molecule has 0 saturated carbocycles. The first-order chi connectivity index (χ1) is 9.34. The van der Waals surface area contributed by atoms with Gasteiger partial charge in [0.1, 0.15) is 18.3 Å². The summed E-state index contributed by atoms with van der Waals surface area (Å²) >= 11 is 0. The lowest BCUT2D eigenvalue weighted by molar-refractivity contribution is -0.126. The minimum absolute atomic E-state index is 0.152. The number of amides is 1. The van der Waals surface area contributed by atoms with Gasteiger partial charge in [-0.3, -0.25) is 4.79 Å². The second kappa shape index (κ2) is 6.95. The maximum absolute atomic E-state index is 12.1. The van der Waals surface area contributed by atoms with Crippen LogP contribution in [0.15, 0.2) is 30.3 Å². The molecule has 1 rings (SSSR count). The highest BCUT2D eigenvalue weighted by molar-refractivity contribution is 5.82. The molecule has 0 aromatic heterocycles. The first-order valence-electron chi connectivity index (χ1n) is 6.72. The number of rotatable bonds is 5. The van der Waals surface area contributed by atoms with Crippen molar-refractivity contribution < 1.29 is 9.53 Å². The number of carbonyl (C=O) groups excluding carboxylic acids is 1. The van der Waals surface area contributed by atoms with Crippen LogP contribution in [0.5, 0.6) is 5.75 Å². The lowest BCUT2D eigenvalue weighted by atomic mass is 9.81. The Hall–Kier alpha value is -2.02. The Kier molecular flexibility index (Phi) is 5.57. The van der Waals surface area contributed by atoms with E-state index in [9.17, 15) is 4.79 Å². The molecule has 0 fully saturated rings. The Morgan fingerprint density at radius 1 is 1.35 bits per heavy atom. The number of nitrogens with one attached hydrogen (secondary N) is 1. The Morgan fingerprint density at radius 2 is 1.95 bits per heavy atom. The second-order valence-corrected chi connectivity index (χ2v) is 5.96. The van der Waals surface area contributed by atoms with Crippen LogP contribution in [0, 0.1) is 22.7 Å². The van der Waals surface area contributed by atoms with Crippen LogP contribution in [0.4, 0.5) is 0 Å². The summed E-state index contributed by atoms with van der Waals surface area (Å²) in [5, 5.41) is 11.9. The number of carbonyl (C=O) groups is 1. The molecule has 108 valence electrons. The number of hydrogen-bond donors (Lipinski definition) is 1. The topological polar surface area (TPSA) is 62.1 Å². The normalized spacial score (nSPS) is 13.9. The molecule has 0 radical (unpaired) electrons. The van der Waals surface area contributed by atoms with E-state index in [4.69, 9.17) is 10.00 Å². The van der Waals surface area contributed by atoms with Crippen LogP contribution in [0.25, 0.3) is 0 Å². The van der Waals surface area contributed by atoms with Gasteiger partial charge in [-0.1, -0.05) is 39.0 Å². The number of nitriles is 1. The zero-order valence-corrected chi connectivity index (χ0v) is 12.5. The Labute approximate surface area is 120 Å². The number of para-hydroxylation sites is 1. The number of benzene rings is 1. The predicted molar refractivity (Wildman–Crippen MR) is 78.1 cm³/mol. The average molecular weight is 274 g/mol. The van der Waals surface area contributed by atoms with Gasteiger partial charge in [0, 0.05) is 0 Å². The molecule has 0 saturated heterocycles. The van der Waals surface area contributed by atoms with Crippen LogP contribution >= 0.6 is 0 Å². The quantitative estimate of drug-likeness (QED) is 0.898. The highest BCUT2D eigenvalue weighted by atomic mass is 16.5. The van der Waals surface area contributed by atoms with E-state index in [1.807, 2.05) is 58.0 Å². The number of hydrogen-bond acceptors (Lipinski definition) is 3. The maximum atomic E-state index is 12.1. The first kappa shape index (κ1) is 16.0. The van der Waals surface area contributed by atoms with Crippen molar-refractivity contribution in [3.8, 4) is 11.8 Å². The van der Waals surface area contributed by atoms with Crippen LogP contribution in [0.3, 0.4) is 0 Å². The maximum Gasteiger partial charge on any atom is 0.238 e. The van der Waals surface area contributed by atoms with Crippen LogP contribution < -0.4 is 10.1 Å². The highest BCUT2D eigenvalue weighted by Crippen LogP contribution is 2.25. The van der Waals surface area contributed by atoms with Crippen LogP contribution in [-0.2, 0) is 4.79 Å². The largest absolute Gasteiger partial charge is 0.491 e. The van der Waals surface area contributed by atoms with E-state index in [0.29, 0.717) is 6.61 Å². The Bertz CT molecular complexity index is 471. The molecule has 0 bridgehead atoms. The highest BCUT2D eigenvalue weighted by Gasteiger charge is 2.31. The summed E-state index contributed by atoms with van der Waals surface area (Å²) in [5.41, 5.74) is -0.376. The van der Waals surface area contributed by atoms with E-state index in [0.717, 1.165) is 5.75 Å². The molecule has 1 amide bonds. The van der Waals surface area contributed by atoms with Crippen molar-refractivity contribution in [1.29, 1.82) is 5.26 Å². The van der Waals surface area contributed by atoms with Crippen LogP contribution in [0.2, 0.25) is 0 Å². The molecule has 0 aliphatic carbocycles. The fourth-order valence-electron chi connectivity index (χ4n) is 1.75. The SMILES string of the molecule is C[C@H](COc1ccccc1)NC(=O)[C@H](C#N)C(C)(C)C. The summed E-state index contributed by atoms with van der Waals surface area (Å²) in [7, 11) is 0. The predicted octanol–water partition coefficient (Wildman–Crippen LogP) is 2.76. The molecule has 4 heteroatoms. The second-order valence-electron chi connectivity index (χ2n) is 5.96. The fourth-order valence-corrected chi connectivity index (χ4v) is 1.75. The molecule has 20 heavy (non-hydrogen) atoms. The van der Waals surface area contributed by atoms with Gasteiger partial charge in [-0.15, -0.1) is 0 Å². The molecule has 0 unspecified atom stereocenters. The van der Waals surface area contributed by atoms with E-state index in [2.05, 4.69) is 11.4 Å². The van der Waals surface area contributed by atoms with Crippen LogP contribution in [0.1, 0.15) is 27.7 Å². The van der Waals surface area contributed by atoms with E-state index in [1.54, 1.807) is 0 Å². The summed E-state index contributed by atoms with van der Waals surface area (Å²) in [5.74, 6) is -0.146. The zero-order valence-electron chi connectivity index (χ0n) is 12.5. The lowest BCUT2D eigenvalue weighted by Gasteiger charge is -2.25. The van der Waals surface area contributed by atoms with Crippen molar-refractivity contribution in [3.63, 3.8) is 0 Å². The van der Waals surface area contributed by atoms with Crippen molar-refractivity contribution in [2.45, 2.75) is 33.7 Å². The van der Waals surface area contributed by atoms with Gasteiger partial charge in [-0.05, 0) is 24.5 Å². The summed E-state index contributed by atoms with van der Waals surface area (Å²) < 4.78 is 5.57. The molecular formula is C16H22N2O2. The smallest absolute Gasteiger partial charge is 0.238 e. The minimum Gasteiger partial charge on any atom is -0.491 e. The van der Waals surface area contributed by atoms with Crippen molar-refractivity contribution in [1.82, 2.24) is 5.32 Å². The molecule has 1 aromatic carbocycles. The van der Waals surface area contributed by atoms with E-state index in [-0.39, 0.29) is 17.4 Å². The Balaban J connectivity index is 2.48. The van der Waals surface area contributed by atoms with Gasteiger partial charge in [0.25, 0.3) is 0 Å². The molecular weight excluding hydrogens is 252 g/mol. The first-order valence-corrected chi connectivity index (χ1v) is 6.72. The van der Waals surface area contributed by atoms with Gasteiger partial charge >= 0.3 is 0 Å². The molecule has 0 aliphatic rings.